The molecule has 1 aromatic carbocycles. The lowest BCUT2D eigenvalue weighted by Crippen LogP contribution is -2.20. The molecule has 0 fully saturated rings. The molecule has 10 nitrogen and oxygen atoms in total. The Bertz CT molecular complexity index is 1460. The van der Waals surface area contributed by atoms with E-state index in [1.807, 2.05) is 45.4 Å². The lowest BCUT2D eigenvalue weighted by molar-refractivity contribution is 0.185. The SMILES string of the molecule is COCCn1c(SCc2nnc3n(C)c(=O)c4ccccc4n23)nnc1-c1ccncc1. The molecule has 4 heterocycles. The van der Waals surface area contributed by atoms with Gasteiger partial charge in [-0.15, -0.1) is 20.4 Å². The molecular formula is C21H20N8O2S. The summed E-state index contributed by atoms with van der Waals surface area (Å²) in [4.78, 5) is 16.7. The van der Waals surface area contributed by atoms with Crippen LogP contribution in [-0.2, 0) is 24.1 Å². The van der Waals surface area contributed by atoms with Gasteiger partial charge in [0.05, 0.1) is 29.8 Å². The molecule has 0 atom stereocenters. The Morgan fingerprint density at radius 2 is 1.84 bits per heavy atom. The number of hydrogen-bond donors (Lipinski definition) is 0. The van der Waals surface area contributed by atoms with Gasteiger partial charge in [-0.1, -0.05) is 23.9 Å². The first-order valence-electron chi connectivity index (χ1n) is 9.96. The van der Waals surface area contributed by atoms with Crippen LogP contribution in [-0.4, -0.2) is 52.6 Å². The summed E-state index contributed by atoms with van der Waals surface area (Å²) in [7, 11) is 3.37. The summed E-state index contributed by atoms with van der Waals surface area (Å²) in [6.07, 6.45) is 3.46. The molecule has 0 radical (unpaired) electrons. The number of methoxy groups -OCH3 is 1. The first kappa shape index (κ1) is 20.3. The van der Waals surface area contributed by atoms with Crippen molar-refractivity contribution in [3.05, 3.63) is 65.0 Å². The van der Waals surface area contributed by atoms with Gasteiger partial charge in [0.2, 0.25) is 5.78 Å². The molecule has 0 unspecified atom stereocenters. The Hall–Kier alpha value is -3.57. The fourth-order valence-electron chi connectivity index (χ4n) is 3.61. The topological polar surface area (TPSA) is 105 Å². The van der Waals surface area contributed by atoms with E-state index >= 15 is 0 Å². The maximum absolute atomic E-state index is 12.7. The summed E-state index contributed by atoms with van der Waals surface area (Å²) in [6, 6.07) is 11.3. The number of hydrogen-bond acceptors (Lipinski definition) is 8. The van der Waals surface area contributed by atoms with Crippen LogP contribution in [0.2, 0.25) is 0 Å². The van der Waals surface area contributed by atoms with Crippen molar-refractivity contribution >= 4 is 28.4 Å². The lowest BCUT2D eigenvalue weighted by Gasteiger charge is -2.10. The predicted molar refractivity (Wildman–Crippen MR) is 120 cm³/mol. The number of benzene rings is 1. The fraction of sp³-hybridized carbons (Fsp3) is 0.238. The van der Waals surface area contributed by atoms with Crippen molar-refractivity contribution in [1.82, 2.24) is 38.9 Å². The van der Waals surface area contributed by atoms with Crippen LogP contribution >= 0.6 is 11.8 Å². The Kier molecular flexibility index (Phi) is 5.41. The number of aryl methyl sites for hydroxylation is 1. The highest BCUT2D eigenvalue weighted by Crippen LogP contribution is 2.26. The minimum Gasteiger partial charge on any atom is -0.383 e. The van der Waals surface area contributed by atoms with Crippen molar-refractivity contribution in [3.63, 3.8) is 0 Å². The molecule has 0 spiro atoms. The van der Waals surface area contributed by atoms with E-state index in [1.165, 1.54) is 16.3 Å². The van der Waals surface area contributed by atoms with Gasteiger partial charge >= 0.3 is 0 Å². The van der Waals surface area contributed by atoms with Crippen molar-refractivity contribution in [1.29, 1.82) is 0 Å². The molecule has 0 aliphatic heterocycles. The quantitative estimate of drug-likeness (QED) is 0.349. The normalized spacial score (nSPS) is 11.6. The molecule has 5 aromatic rings. The summed E-state index contributed by atoms with van der Waals surface area (Å²) in [5, 5.41) is 18.8. The Labute approximate surface area is 186 Å². The summed E-state index contributed by atoms with van der Waals surface area (Å²) in [6.45, 7) is 1.14. The zero-order chi connectivity index (χ0) is 22.1. The molecule has 11 heteroatoms. The average Bonchev–Trinajstić information content (AvgIpc) is 3.44. The van der Waals surface area contributed by atoms with E-state index < -0.39 is 0 Å². The van der Waals surface area contributed by atoms with Gasteiger partial charge in [-0.3, -0.25) is 23.3 Å². The van der Waals surface area contributed by atoms with Gasteiger partial charge in [0, 0.05) is 32.1 Å². The number of thioether (sulfide) groups is 1. The molecule has 0 N–H and O–H groups in total. The number of para-hydroxylation sites is 1. The third-order valence-corrected chi connectivity index (χ3v) is 6.16. The monoisotopic (exact) mass is 448 g/mol. The van der Waals surface area contributed by atoms with Gasteiger partial charge in [-0.2, -0.15) is 0 Å². The van der Waals surface area contributed by atoms with Crippen molar-refractivity contribution in [2.24, 2.45) is 7.05 Å². The lowest BCUT2D eigenvalue weighted by atomic mass is 10.2. The van der Waals surface area contributed by atoms with Crippen molar-refractivity contribution in [2.75, 3.05) is 13.7 Å². The number of fused-ring (bicyclic) bond motifs is 3. The second-order valence-electron chi connectivity index (χ2n) is 7.11. The number of ether oxygens (including phenoxy) is 1. The molecule has 32 heavy (non-hydrogen) atoms. The highest BCUT2D eigenvalue weighted by Gasteiger charge is 2.18. The van der Waals surface area contributed by atoms with Crippen LogP contribution in [0.1, 0.15) is 5.82 Å². The Morgan fingerprint density at radius 3 is 2.66 bits per heavy atom. The second kappa shape index (κ2) is 8.52. The molecule has 5 rings (SSSR count). The van der Waals surface area contributed by atoms with Gasteiger partial charge in [0.25, 0.3) is 5.56 Å². The zero-order valence-corrected chi connectivity index (χ0v) is 18.4. The molecule has 0 aliphatic carbocycles. The van der Waals surface area contributed by atoms with Crippen LogP contribution in [0.25, 0.3) is 28.1 Å². The molecule has 0 saturated carbocycles. The minimum atomic E-state index is -0.0963. The number of rotatable bonds is 7. The third kappa shape index (κ3) is 3.45. The Morgan fingerprint density at radius 1 is 1.03 bits per heavy atom. The molecule has 0 amide bonds. The van der Waals surface area contributed by atoms with Crippen molar-refractivity contribution in [3.8, 4) is 11.4 Å². The average molecular weight is 449 g/mol. The van der Waals surface area contributed by atoms with Crippen LogP contribution in [0, 0.1) is 0 Å². The van der Waals surface area contributed by atoms with E-state index in [0.29, 0.717) is 30.1 Å². The highest BCUT2D eigenvalue weighted by atomic mass is 32.2. The van der Waals surface area contributed by atoms with E-state index in [2.05, 4.69) is 25.4 Å². The molecule has 4 aromatic heterocycles. The standard InChI is InChI=1S/C21H20N8O2S/c1-27-19(30)15-5-3-4-6-16(15)29-17(23-25-20(27)29)13-32-21-26-24-18(28(21)11-12-31-2)14-7-9-22-10-8-14/h3-10H,11-13H2,1-2H3. The van der Waals surface area contributed by atoms with E-state index in [4.69, 9.17) is 4.74 Å². The molecular weight excluding hydrogens is 428 g/mol. The van der Waals surface area contributed by atoms with Gasteiger partial charge in [-0.05, 0) is 24.3 Å². The summed E-state index contributed by atoms with van der Waals surface area (Å²) in [5.41, 5.74) is 1.62. The van der Waals surface area contributed by atoms with Gasteiger partial charge in [0.1, 0.15) is 5.82 Å². The van der Waals surface area contributed by atoms with Crippen LogP contribution < -0.4 is 5.56 Å². The first-order chi connectivity index (χ1) is 15.7. The maximum Gasteiger partial charge on any atom is 0.262 e. The van der Waals surface area contributed by atoms with Crippen molar-refractivity contribution < 1.29 is 4.74 Å². The van der Waals surface area contributed by atoms with Gasteiger partial charge in [-0.25, -0.2) is 0 Å². The maximum atomic E-state index is 12.7. The molecule has 0 bridgehead atoms. The fourth-order valence-corrected chi connectivity index (χ4v) is 4.49. The minimum absolute atomic E-state index is 0.0963. The molecule has 0 saturated heterocycles. The number of nitrogens with zero attached hydrogens (tertiary/aromatic N) is 8. The Balaban J connectivity index is 1.53. The highest BCUT2D eigenvalue weighted by molar-refractivity contribution is 7.98. The van der Waals surface area contributed by atoms with E-state index in [1.54, 1.807) is 26.6 Å². The van der Waals surface area contributed by atoms with Crippen LogP contribution in [0.5, 0.6) is 0 Å². The smallest absolute Gasteiger partial charge is 0.262 e. The number of pyridine rings is 1. The zero-order valence-electron chi connectivity index (χ0n) is 17.5. The van der Waals surface area contributed by atoms with Crippen molar-refractivity contribution in [2.45, 2.75) is 17.5 Å². The largest absolute Gasteiger partial charge is 0.383 e. The predicted octanol–water partition coefficient (Wildman–Crippen LogP) is 2.17. The summed E-state index contributed by atoms with van der Waals surface area (Å²) in [5.74, 6) is 2.49. The third-order valence-electron chi connectivity index (χ3n) is 5.20. The summed E-state index contributed by atoms with van der Waals surface area (Å²) >= 11 is 1.51. The van der Waals surface area contributed by atoms with E-state index in [9.17, 15) is 4.79 Å². The van der Waals surface area contributed by atoms with Crippen LogP contribution in [0.3, 0.4) is 0 Å². The van der Waals surface area contributed by atoms with E-state index in [-0.39, 0.29) is 5.56 Å². The van der Waals surface area contributed by atoms with E-state index in [0.717, 1.165) is 27.9 Å². The first-order valence-corrected chi connectivity index (χ1v) is 10.9. The molecule has 162 valence electrons. The van der Waals surface area contributed by atoms with Gasteiger partial charge < -0.3 is 4.74 Å². The van der Waals surface area contributed by atoms with Crippen LogP contribution in [0.4, 0.5) is 0 Å². The second-order valence-corrected chi connectivity index (χ2v) is 8.05. The summed E-state index contributed by atoms with van der Waals surface area (Å²) < 4.78 is 10.8. The molecule has 0 aliphatic rings. The van der Waals surface area contributed by atoms with Gasteiger partial charge in [0.15, 0.2) is 11.0 Å². The number of aromatic nitrogens is 8. The van der Waals surface area contributed by atoms with Crippen LogP contribution in [0.15, 0.2) is 58.7 Å².